The smallest absolute Gasteiger partial charge is 0.164 e. The van der Waals surface area contributed by atoms with E-state index in [1.807, 2.05) is 13.8 Å². The van der Waals surface area contributed by atoms with Gasteiger partial charge in [0.25, 0.3) is 0 Å². The summed E-state index contributed by atoms with van der Waals surface area (Å²) in [5.41, 5.74) is 0.456. The van der Waals surface area contributed by atoms with Crippen molar-refractivity contribution in [1.82, 2.24) is 0 Å². The van der Waals surface area contributed by atoms with Crippen molar-refractivity contribution >= 4 is 0 Å². The Hall–Kier alpha value is -1.33. The number of aliphatic hydroxyl groups is 2. The molecule has 4 nitrogen and oxygen atoms in total. The molecule has 0 spiro atoms. The van der Waals surface area contributed by atoms with Crippen LogP contribution in [0.5, 0.6) is 11.5 Å². The molecule has 0 aliphatic carbocycles. The molecule has 0 fully saturated rings. The lowest BCUT2D eigenvalue weighted by Gasteiger charge is -2.15. The van der Waals surface area contributed by atoms with Gasteiger partial charge in [-0.2, -0.15) is 0 Å². The van der Waals surface area contributed by atoms with Crippen LogP contribution in [-0.2, 0) is 6.42 Å². The third kappa shape index (κ3) is 5.89. The molecule has 0 aromatic heterocycles. The summed E-state index contributed by atoms with van der Waals surface area (Å²) in [7, 11) is 0. The fourth-order valence-electron chi connectivity index (χ4n) is 1.83. The van der Waals surface area contributed by atoms with E-state index in [4.69, 9.17) is 14.6 Å². The number of hydrogen-bond donors (Lipinski definition) is 2. The van der Waals surface area contributed by atoms with Crippen molar-refractivity contribution in [3.63, 3.8) is 0 Å². The van der Waals surface area contributed by atoms with E-state index in [0.29, 0.717) is 43.1 Å². The summed E-state index contributed by atoms with van der Waals surface area (Å²) >= 11 is 0. The van der Waals surface area contributed by atoms with Gasteiger partial charge in [-0.15, -0.1) is 0 Å². The topological polar surface area (TPSA) is 58.9 Å². The van der Waals surface area contributed by atoms with Crippen molar-refractivity contribution in [1.29, 1.82) is 0 Å². The summed E-state index contributed by atoms with van der Waals surface area (Å²) < 4.78 is 25.2. The predicted molar refractivity (Wildman–Crippen MR) is 79.4 cm³/mol. The minimum absolute atomic E-state index is 0.301. The van der Waals surface area contributed by atoms with Crippen LogP contribution < -0.4 is 9.47 Å². The van der Waals surface area contributed by atoms with E-state index in [0.717, 1.165) is 12.8 Å². The Bertz CT molecular complexity index is 423. The molecule has 0 radical (unpaired) electrons. The Morgan fingerprint density at radius 3 is 2.19 bits per heavy atom. The Labute approximate surface area is 125 Å². The van der Waals surface area contributed by atoms with Crippen LogP contribution in [-0.4, -0.2) is 36.1 Å². The minimum Gasteiger partial charge on any atom is -0.490 e. The Balaban J connectivity index is 2.88. The molecule has 1 aromatic carbocycles. The van der Waals surface area contributed by atoms with E-state index in [2.05, 4.69) is 0 Å². The lowest BCUT2D eigenvalue weighted by molar-refractivity contribution is 0.0884. The van der Waals surface area contributed by atoms with Gasteiger partial charge in [0.05, 0.1) is 25.9 Å². The molecule has 0 saturated carbocycles. The molecular formula is C16H25FO4. The van der Waals surface area contributed by atoms with Crippen LogP contribution >= 0.6 is 0 Å². The first-order valence-corrected chi connectivity index (χ1v) is 7.49. The van der Waals surface area contributed by atoms with E-state index in [-0.39, 0.29) is 12.4 Å². The van der Waals surface area contributed by atoms with Crippen molar-refractivity contribution in [3.05, 3.63) is 23.5 Å². The summed E-state index contributed by atoms with van der Waals surface area (Å²) in [5.74, 6) is 0.560. The number of ether oxygens (including phenoxy) is 2. The molecule has 1 atom stereocenters. The zero-order valence-corrected chi connectivity index (χ0v) is 12.8. The average molecular weight is 300 g/mol. The quantitative estimate of drug-likeness (QED) is 0.697. The standard InChI is InChI=1S/C16H25FO4/c1-3-7-20-15-9-12(5-6-13(19)11-18)14(17)10-16(15)21-8-4-2/h9-10,13,18-19H,3-8,11H2,1-2H3. The van der Waals surface area contributed by atoms with Gasteiger partial charge >= 0.3 is 0 Å². The molecule has 1 rings (SSSR count). The maximum Gasteiger partial charge on any atom is 0.164 e. The van der Waals surface area contributed by atoms with Gasteiger partial charge < -0.3 is 19.7 Å². The van der Waals surface area contributed by atoms with E-state index in [1.54, 1.807) is 6.07 Å². The van der Waals surface area contributed by atoms with Crippen LogP contribution in [0.1, 0.15) is 38.7 Å². The van der Waals surface area contributed by atoms with Crippen LogP contribution in [0.25, 0.3) is 0 Å². The highest BCUT2D eigenvalue weighted by molar-refractivity contribution is 5.44. The molecule has 0 bridgehead atoms. The van der Waals surface area contributed by atoms with Gasteiger partial charge in [0, 0.05) is 6.07 Å². The normalized spacial score (nSPS) is 12.2. The SMILES string of the molecule is CCCOc1cc(F)c(CCC(O)CO)cc1OCCC. The molecule has 0 aliphatic heterocycles. The molecule has 0 aliphatic rings. The molecule has 1 unspecified atom stereocenters. The largest absolute Gasteiger partial charge is 0.490 e. The second-order valence-corrected chi connectivity index (χ2v) is 4.96. The highest BCUT2D eigenvalue weighted by atomic mass is 19.1. The molecule has 120 valence electrons. The van der Waals surface area contributed by atoms with E-state index in [9.17, 15) is 9.50 Å². The van der Waals surface area contributed by atoms with Crippen LogP contribution in [0, 0.1) is 5.82 Å². The van der Waals surface area contributed by atoms with Crippen molar-refractivity contribution in [2.45, 2.75) is 45.6 Å². The van der Waals surface area contributed by atoms with Crippen LogP contribution in [0.3, 0.4) is 0 Å². The Kier molecular flexibility index (Phi) is 8.08. The predicted octanol–water partition coefficient (Wildman–Crippen LogP) is 2.69. The third-order valence-electron chi connectivity index (χ3n) is 2.99. The fourth-order valence-corrected chi connectivity index (χ4v) is 1.83. The zero-order valence-electron chi connectivity index (χ0n) is 12.8. The van der Waals surface area contributed by atoms with E-state index < -0.39 is 6.10 Å². The van der Waals surface area contributed by atoms with Crippen LogP contribution in [0.15, 0.2) is 12.1 Å². The zero-order chi connectivity index (χ0) is 15.7. The van der Waals surface area contributed by atoms with Crippen molar-refractivity contribution < 1.29 is 24.1 Å². The molecular weight excluding hydrogens is 275 g/mol. The monoisotopic (exact) mass is 300 g/mol. The van der Waals surface area contributed by atoms with Crippen molar-refractivity contribution in [3.8, 4) is 11.5 Å². The summed E-state index contributed by atoms with van der Waals surface area (Å²) in [6, 6.07) is 2.96. The van der Waals surface area contributed by atoms with Crippen molar-refractivity contribution in [2.24, 2.45) is 0 Å². The maximum absolute atomic E-state index is 14.1. The van der Waals surface area contributed by atoms with Gasteiger partial charge in [-0.3, -0.25) is 0 Å². The highest BCUT2D eigenvalue weighted by Crippen LogP contribution is 2.31. The summed E-state index contributed by atoms with van der Waals surface area (Å²) in [4.78, 5) is 0. The number of aryl methyl sites for hydroxylation is 1. The summed E-state index contributed by atoms with van der Waals surface area (Å²) in [6.45, 7) is 4.69. The molecule has 21 heavy (non-hydrogen) atoms. The molecule has 1 aromatic rings. The average Bonchev–Trinajstić information content (AvgIpc) is 2.50. The molecule has 0 saturated heterocycles. The summed E-state index contributed by atoms with van der Waals surface area (Å²) in [6.07, 6.45) is 1.49. The summed E-state index contributed by atoms with van der Waals surface area (Å²) in [5, 5.41) is 18.2. The van der Waals surface area contributed by atoms with Gasteiger partial charge in [0.15, 0.2) is 11.5 Å². The number of benzene rings is 1. The van der Waals surface area contributed by atoms with Crippen molar-refractivity contribution in [2.75, 3.05) is 19.8 Å². The van der Waals surface area contributed by atoms with E-state index in [1.165, 1.54) is 6.07 Å². The van der Waals surface area contributed by atoms with Gasteiger partial charge in [-0.25, -0.2) is 4.39 Å². The first-order chi connectivity index (χ1) is 10.1. The third-order valence-corrected chi connectivity index (χ3v) is 2.99. The molecule has 0 heterocycles. The van der Waals surface area contributed by atoms with Crippen LogP contribution in [0.2, 0.25) is 0 Å². The fraction of sp³-hybridized carbons (Fsp3) is 0.625. The molecule has 2 N–H and O–H groups in total. The number of rotatable bonds is 10. The maximum atomic E-state index is 14.1. The number of aliphatic hydroxyl groups excluding tert-OH is 2. The molecule has 0 amide bonds. The lowest BCUT2D eigenvalue weighted by Crippen LogP contribution is -2.13. The minimum atomic E-state index is -0.833. The second kappa shape index (κ2) is 9.58. The molecule has 5 heteroatoms. The van der Waals surface area contributed by atoms with Gasteiger partial charge in [-0.1, -0.05) is 13.8 Å². The number of halogens is 1. The number of hydrogen-bond acceptors (Lipinski definition) is 4. The van der Waals surface area contributed by atoms with Gasteiger partial charge in [-0.05, 0) is 37.3 Å². The Morgan fingerprint density at radius 1 is 1.10 bits per heavy atom. The van der Waals surface area contributed by atoms with Crippen LogP contribution in [0.4, 0.5) is 4.39 Å². The lowest BCUT2D eigenvalue weighted by atomic mass is 10.1. The first-order valence-electron chi connectivity index (χ1n) is 7.49. The Morgan fingerprint density at radius 2 is 1.67 bits per heavy atom. The van der Waals surface area contributed by atoms with Gasteiger partial charge in [0.2, 0.25) is 0 Å². The highest BCUT2D eigenvalue weighted by Gasteiger charge is 2.13. The first kappa shape index (κ1) is 17.7. The van der Waals surface area contributed by atoms with Gasteiger partial charge in [0.1, 0.15) is 5.82 Å². The van der Waals surface area contributed by atoms with E-state index >= 15 is 0 Å². The second-order valence-electron chi connectivity index (χ2n) is 4.96.